The Morgan fingerprint density at radius 3 is 2.30 bits per heavy atom. The van der Waals surface area contributed by atoms with Gasteiger partial charge in [0, 0.05) is 5.56 Å². The van der Waals surface area contributed by atoms with Crippen LogP contribution in [0.5, 0.6) is 11.5 Å². The van der Waals surface area contributed by atoms with Crippen molar-refractivity contribution in [3.63, 3.8) is 0 Å². The van der Waals surface area contributed by atoms with Gasteiger partial charge in [0.05, 0.1) is 37.8 Å². The molecule has 2 heterocycles. The molecule has 0 spiro atoms. The van der Waals surface area contributed by atoms with Gasteiger partial charge in [-0.25, -0.2) is 0 Å². The summed E-state index contributed by atoms with van der Waals surface area (Å²) >= 11 is 0. The first-order valence-electron chi connectivity index (χ1n) is 10.5. The second-order valence-corrected chi connectivity index (χ2v) is 7.98. The van der Waals surface area contributed by atoms with Gasteiger partial charge in [-0.3, -0.25) is 5.41 Å². The summed E-state index contributed by atoms with van der Waals surface area (Å²) < 4.78 is 23.5. The highest BCUT2D eigenvalue weighted by atomic mass is 16.7. The maximum absolute atomic E-state index is 10.4. The second-order valence-electron chi connectivity index (χ2n) is 7.98. The predicted octanol–water partition coefficient (Wildman–Crippen LogP) is 4.21. The van der Waals surface area contributed by atoms with E-state index in [0.29, 0.717) is 29.2 Å². The Morgan fingerprint density at radius 2 is 1.73 bits per heavy atom. The third kappa shape index (κ3) is 2.67. The number of ether oxygens (including phenoxy) is 4. The van der Waals surface area contributed by atoms with Gasteiger partial charge in [-0.05, 0) is 24.6 Å². The van der Waals surface area contributed by atoms with Crippen LogP contribution in [0.15, 0.2) is 48.5 Å². The van der Waals surface area contributed by atoms with E-state index in [4.69, 9.17) is 24.4 Å². The summed E-state index contributed by atoms with van der Waals surface area (Å²) in [4.78, 5) is 0. The summed E-state index contributed by atoms with van der Waals surface area (Å²) in [6.07, 6.45) is -1.21. The van der Waals surface area contributed by atoms with Crippen LogP contribution >= 0.6 is 0 Å². The molecule has 2 bridgehead atoms. The largest absolute Gasteiger partial charge is 0.493 e. The van der Waals surface area contributed by atoms with Crippen molar-refractivity contribution in [1.29, 1.82) is 21.2 Å². The molecule has 8 nitrogen and oxygen atoms in total. The van der Waals surface area contributed by atoms with Gasteiger partial charge < -0.3 is 18.9 Å². The third-order valence-electron chi connectivity index (χ3n) is 6.64. The molecule has 0 aliphatic carbocycles. The lowest BCUT2D eigenvalue weighted by molar-refractivity contribution is -0.288. The topological polar surface area (TPSA) is 132 Å². The summed E-state index contributed by atoms with van der Waals surface area (Å²) in [6, 6.07) is 20.1. The number of fused-ring (bicyclic) bond motifs is 2. The molecule has 8 heteroatoms. The summed E-state index contributed by atoms with van der Waals surface area (Å²) in [6.45, 7) is 3.94. The molecular formula is C25H22N4O4. The molecule has 0 aromatic heterocycles. The fraction of sp³-hybridized carbons (Fsp3) is 0.360. The molecule has 0 saturated carbocycles. The highest BCUT2D eigenvalue weighted by Crippen LogP contribution is 2.69. The van der Waals surface area contributed by atoms with Gasteiger partial charge in [0.2, 0.25) is 17.1 Å². The maximum Gasteiger partial charge on any atom is 0.244 e. The Balaban J connectivity index is 2.00. The van der Waals surface area contributed by atoms with Gasteiger partial charge in [-0.1, -0.05) is 43.3 Å². The minimum Gasteiger partial charge on any atom is -0.493 e. The van der Waals surface area contributed by atoms with Crippen molar-refractivity contribution in [2.24, 2.45) is 16.7 Å². The average molecular weight is 442 g/mol. The molecule has 1 N–H and O–H groups in total. The number of methoxy groups -OCH3 is 1. The zero-order valence-corrected chi connectivity index (χ0v) is 18.5. The van der Waals surface area contributed by atoms with Crippen molar-refractivity contribution in [3.8, 4) is 29.7 Å². The molecule has 0 radical (unpaired) electrons. The molecule has 2 aliphatic heterocycles. The summed E-state index contributed by atoms with van der Waals surface area (Å²) in [5.41, 5.74) is -2.89. The van der Waals surface area contributed by atoms with Gasteiger partial charge >= 0.3 is 0 Å². The van der Waals surface area contributed by atoms with E-state index in [1.165, 1.54) is 7.11 Å². The second kappa shape index (κ2) is 7.81. The molecule has 2 aromatic rings. The molecule has 33 heavy (non-hydrogen) atoms. The third-order valence-corrected chi connectivity index (χ3v) is 6.64. The van der Waals surface area contributed by atoms with Crippen LogP contribution in [-0.2, 0) is 15.3 Å². The maximum atomic E-state index is 10.4. The highest BCUT2D eigenvalue weighted by molar-refractivity contribution is 5.89. The molecule has 4 atom stereocenters. The number of hydrogen-bond acceptors (Lipinski definition) is 8. The Hall–Kier alpha value is -4.06. The van der Waals surface area contributed by atoms with Crippen molar-refractivity contribution in [2.45, 2.75) is 25.7 Å². The van der Waals surface area contributed by atoms with Crippen LogP contribution < -0.4 is 9.47 Å². The van der Waals surface area contributed by atoms with Crippen molar-refractivity contribution in [3.05, 3.63) is 59.7 Å². The lowest BCUT2D eigenvalue weighted by atomic mass is 9.53. The van der Waals surface area contributed by atoms with Crippen molar-refractivity contribution >= 4 is 5.90 Å². The summed E-state index contributed by atoms with van der Waals surface area (Å²) in [5, 5.41) is 39.7. The standard InChI is InChI=1S/C25H22N4O4/c1-4-31-19-11-10-17(12-20(19)30-3)21-23(13-26,14-27)24(15-28)16(2)25(32-21,33-22(24)29)18-8-6-5-7-9-18/h5-12,16,21,29H,4H2,1-3H3. The minimum atomic E-state index is -2.05. The zero-order valence-electron chi connectivity index (χ0n) is 18.5. The van der Waals surface area contributed by atoms with Crippen molar-refractivity contribution < 1.29 is 18.9 Å². The molecule has 4 rings (SSSR count). The van der Waals surface area contributed by atoms with E-state index in [-0.39, 0.29) is 0 Å². The number of nitrogens with zero attached hydrogens (tertiary/aromatic N) is 3. The van der Waals surface area contributed by atoms with Crippen LogP contribution in [-0.4, -0.2) is 19.6 Å². The fourth-order valence-corrected chi connectivity index (χ4v) is 4.96. The Kier molecular flexibility index (Phi) is 5.24. The highest BCUT2D eigenvalue weighted by Gasteiger charge is 2.79. The first-order chi connectivity index (χ1) is 15.9. The monoisotopic (exact) mass is 442 g/mol. The molecule has 166 valence electrons. The molecule has 2 aromatic carbocycles. The quantitative estimate of drug-likeness (QED) is 0.733. The van der Waals surface area contributed by atoms with Gasteiger partial charge in [-0.15, -0.1) is 0 Å². The van der Waals surface area contributed by atoms with Crippen LogP contribution in [0.4, 0.5) is 0 Å². The van der Waals surface area contributed by atoms with Crippen LogP contribution in [0.3, 0.4) is 0 Å². The van der Waals surface area contributed by atoms with Gasteiger partial charge in [-0.2, -0.15) is 15.8 Å². The fourth-order valence-electron chi connectivity index (χ4n) is 4.96. The van der Waals surface area contributed by atoms with E-state index in [9.17, 15) is 15.8 Å². The first kappa shape index (κ1) is 22.1. The number of nitriles is 3. The summed E-state index contributed by atoms with van der Waals surface area (Å²) in [5.74, 6) is -1.91. The molecule has 2 aliphatic rings. The number of nitrogens with one attached hydrogen (secondary N) is 1. The van der Waals surface area contributed by atoms with E-state index in [1.807, 2.05) is 25.1 Å². The predicted molar refractivity (Wildman–Crippen MR) is 116 cm³/mol. The van der Waals surface area contributed by atoms with Gasteiger partial charge in [0.1, 0.15) is 6.10 Å². The molecule has 2 saturated heterocycles. The van der Waals surface area contributed by atoms with Crippen LogP contribution in [0, 0.1) is 56.2 Å². The normalized spacial score (nSPS) is 29.2. The Labute approximate surface area is 192 Å². The minimum absolute atomic E-state index is 0.393. The van der Waals surface area contributed by atoms with E-state index in [2.05, 4.69) is 6.07 Å². The van der Waals surface area contributed by atoms with Crippen LogP contribution in [0.1, 0.15) is 31.1 Å². The smallest absolute Gasteiger partial charge is 0.244 e. The van der Waals surface area contributed by atoms with Gasteiger partial charge in [0.25, 0.3) is 0 Å². The number of hydrogen-bond donors (Lipinski definition) is 1. The number of rotatable bonds is 5. The van der Waals surface area contributed by atoms with Crippen LogP contribution in [0.2, 0.25) is 0 Å². The number of benzene rings is 2. The SMILES string of the molecule is CCOc1ccc(C2OC3(c4ccccc4)OC(=N)C(C#N)(C3C)C2(C#N)C#N)cc1OC. The molecule has 4 unspecified atom stereocenters. The summed E-state index contributed by atoms with van der Waals surface area (Å²) in [7, 11) is 1.48. The van der Waals surface area contributed by atoms with E-state index < -0.39 is 34.5 Å². The average Bonchev–Trinajstić information content (AvgIpc) is 3.01. The Morgan fingerprint density at radius 1 is 1.03 bits per heavy atom. The Bertz CT molecular complexity index is 1210. The van der Waals surface area contributed by atoms with E-state index >= 15 is 0 Å². The molecule has 0 amide bonds. The van der Waals surface area contributed by atoms with Gasteiger partial charge in [0.15, 0.2) is 16.9 Å². The molecular weight excluding hydrogens is 420 g/mol. The van der Waals surface area contributed by atoms with Crippen molar-refractivity contribution in [1.82, 2.24) is 0 Å². The zero-order chi connectivity index (χ0) is 23.9. The van der Waals surface area contributed by atoms with Crippen molar-refractivity contribution in [2.75, 3.05) is 13.7 Å². The van der Waals surface area contributed by atoms with Crippen LogP contribution in [0.25, 0.3) is 0 Å². The first-order valence-corrected chi connectivity index (χ1v) is 10.5. The van der Waals surface area contributed by atoms with E-state index in [1.54, 1.807) is 49.4 Å². The molecule has 2 fully saturated rings. The van der Waals surface area contributed by atoms with E-state index in [0.717, 1.165) is 0 Å². The lowest BCUT2D eigenvalue weighted by Crippen LogP contribution is -2.57. The lowest BCUT2D eigenvalue weighted by Gasteiger charge is -2.48.